The normalized spacial score (nSPS) is 10.7. The summed E-state index contributed by atoms with van der Waals surface area (Å²) in [5, 5.41) is 6.92. The monoisotopic (exact) mass is 428 g/mol. The smallest absolute Gasteiger partial charge is 0.254 e. The van der Waals surface area contributed by atoms with Crippen LogP contribution in [0.25, 0.3) is 5.69 Å². The van der Waals surface area contributed by atoms with E-state index in [0.717, 1.165) is 11.3 Å². The van der Waals surface area contributed by atoms with Crippen LogP contribution in [0, 0.1) is 12.7 Å². The first kappa shape index (κ1) is 21.1. The second-order valence-corrected chi connectivity index (χ2v) is 7.41. The highest BCUT2D eigenvalue weighted by Gasteiger charge is 2.12. The number of carbonyl (C=O) groups is 2. The van der Waals surface area contributed by atoms with E-state index >= 15 is 0 Å². The molecule has 2 aromatic heterocycles. The molecule has 1 N–H and O–H groups in total. The van der Waals surface area contributed by atoms with Crippen LogP contribution in [0.3, 0.4) is 0 Å². The third-order valence-electron chi connectivity index (χ3n) is 5.01. The van der Waals surface area contributed by atoms with Crippen LogP contribution in [0.1, 0.15) is 37.5 Å². The van der Waals surface area contributed by atoms with Gasteiger partial charge < -0.3 is 5.32 Å². The van der Waals surface area contributed by atoms with Gasteiger partial charge in [-0.05, 0) is 36.8 Å². The maximum Gasteiger partial charge on any atom is 0.254 e. The quantitative estimate of drug-likeness (QED) is 0.450. The van der Waals surface area contributed by atoms with Crippen LogP contribution < -0.4 is 5.32 Å². The maximum absolute atomic E-state index is 13.7. The SMILES string of the molecule is Cc1ccc(CC(=O)c2cccc(-n3cc(C(=O)NCc4ccccc4F)cn3)c2)cn1. The molecule has 0 unspecified atom stereocenters. The van der Waals surface area contributed by atoms with E-state index < -0.39 is 0 Å². The van der Waals surface area contributed by atoms with E-state index in [0.29, 0.717) is 22.4 Å². The molecule has 0 aliphatic heterocycles. The number of amides is 1. The second-order valence-electron chi connectivity index (χ2n) is 7.41. The molecule has 0 aliphatic carbocycles. The lowest BCUT2D eigenvalue weighted by Gasteiger charge is -2.06. The molecule has 0 saturated heterocycles. The summed E-state index contributed by atoms with van der Waals surface area (Å²) in [5.41, 5.74) is 3.69. The minimum atomic E-state index is -0.369. The van der Waals surface area contributed by atoms with Crippen molar-refractivity contribution < 1.29 is 14.0 Å². The summed E-state index contributed by atoms with van der Waals surface area (Å²) >= 11 is 0. The van der Waals surface area contributed by atoms with Crippen molar-refractivity contribution in [2.75, 3.05) is 0 Å². The van der Waals surface area contributed by atoms with Gasteiger partial charge in [-0.3, -0.25) is 14.6 Å². The number of aryl methyl sites for hydroxylation is 1. The maximum atomic E-state index is 13.7. The van der Waals surface area contributed by atoms with Gasteiger partial charge in [0.15, 0.2) is 5.78 Å². The molecule has 7 heteroatoms. The minimum absolute atomic E-state index is 0.0347. The van der Waals surface area contributed by atoms with Gasteiger partial charge in [0.25, 0.3) is 5.91 Å². The first-order valence-corrected chi connectivity index (χ1v) is 10.1. The van der Waals surface area contributed by atoms with Gasteiger partial charge in [-0.25, -0.2) is 9.07 Å². The summed E-state index contributed by atoms with van der Waals surface area (Å²) in [4.78, 5) is 29.3. The molecule has 6 nitrogen and oxygen atoms in total. The van der Waals surface area contributed by atoms with E-state index in [2.05, 4.69) is 15.4 Å². The zero-order valence-corrected chi connectivity index (χ0v) is 17.5. The number of pyridine rings is 1. The summed E-state index contributed by atoms with van der Waals surface area (Å²) < 4.78 is 15.3. The van der Waals surface area contributed by atoms with Crippen molar-refractivity contribution in [3.8, 4) is 5.69 Å². The van der Waals surface area contributed by atoms with Crippen molar-refractivity contribution in [1.29, 1.82) is 0 Å². The third-order valence-corrected chi connectivity index (χ3v) is 5.01. The van der Waals surface area contributed by atoms with Crippen LogP contribution >= 0.6 is 0 Å². The molecular weight excluding hydrogens is 407 g/mol. The fraction of sp³-hybridized carbons (Fsp3) is 0.120. The number of nitrogens with zero attached hydrogens (tertiary/aromatic N) is 3. The largest absolute Gasteiger partial charge is 0.348 e. The minimum Gasteiger partial charge on any atom is -0.348 e. The Hall–Kier alpha value is -4.13. The number of hydrogen-bond acceptors (Lipinski definition) is 4. The first-order valence-electron chi connectivity index (χ1n) is 10.1. The average molecular weight is 428 g/mol. The molecule has 0 aliphatic rings. The van der Waals surface area contributed by atoms with Gasteiger partial charge in [0, 0.05) is 42.2 Å². The summed E-state index contributed by atoms with van der Waals surface area (Å²) in [6.45, 7) is 1.97. The molecular formula is C25H21FN4O2. The van der Waals surface area contributed by atoms with Gasteiger partial charge >= 0.3 is 0 Å². The van der Waals surface area contributed by atoms with E-state index in [-0.39, 0.29) is 30.5 Å². The van der Waals surface area contributed by atoms with Crippen LogP contribution in [-0.4, -0.2) is 26.5 Å². The number of halogens is 1. The molecule has 4 rings (SSSR count). The number of hydrogen-bond donors (Lipinski definition) is 1. The van der Waals surface area contributed by atoms with Crippen LogP contribution in [0.2, 0.25) is 0 Å². The van der Waals surface area contributed by atoms with Crippen LogP contribution in [0.15, 0.2) is 79.3 Å². The number of Topliss-reactive ketones (excluding diaryl/α,β-unsaturated/α-hetero) is 1. The lowest BCUT2D eigenvalue weighted by atomic mass is 10.0. The number of ketones is 1. The molecule has 160 valence electrons. The third kappa shape index (κ3) is 4.95. The van der Waals surface area contributed by atoms with Gasteiger partial charge in [0.05, 0.1) is 17.4 Å². The van der Waals surface area contributed by atoms with E-state index in [1.165, 1.54) is 16.9 Å². The average Bonchev–Trinajstić information content (AvgIpc) is 3.30. The number of aromatic nitrogens is 3. The Morgan fingerprint density at radius 3 is 2.62 bits per heavy atom. The molecule has 32 heavy (non-hydrogen) atoms. The van der Waals surface area contributed by atoms with Crippen molar-refractivity contribution in [3.05, 3.63) is 113 Å². The highest BCUT2D eigenvalue weighted by atomic mass is 19.1. The Balaban J connectivity index is 1.44. The topological polar surface area (TPSA) is 76.9 Å². The lowest BCUT2D eigenvalue weighted by Crippen LogP contribution is -2.22. The summed E-state index contributed by atoms with van der Waals surface area (Å²) in [5.74, 6) is -0.766. The highest BCUT2D eigenvalue weighted by molar-refractivity contribution is 5.98. The van der Waals surface area contributed by atoms with Crippen LogP contribution in [0.5, 0.6) is 0 Å². The number of benzene rings is 2. The predicted octanol–water partition coefficient (Wildman–Crippen LogP) is 4.07. The summed E-state index contributed by atoms with van der Waals surface area (Å²) in [6, 6.07) is 17.1. The van der Waals surface area contributed by atoms with E-state index in [9.17, 15) is 14.0 Å². The molecule has 4 aromatic rings. The molecule has 0 fully saturated rings. The van der Waals surface area contributed by atoms with Crippen molar-refractivity contribution >= 4 is 11.7 Å². The van der Waals surface area contributed by atoms with Crippen LogP contribution in [-0.2, 0) is 13.0 Å². The van der Waals surface area contributed by atoms with Crippen molar-refractivity contribution in [3.63, 3.8) is 0 Å². The van der Waals surface area contributed by atoms with Gasteiger partial charge in [0.2, 0.25) is 0 Å². The lowest BCUT2D eigenvalue weighted by molar-refractivity contribution is 0.0949. The van der Waals surface area contributed by atoms with Crippen LogP contribution in [0.4, 0.5) is 4.39 Å². The van der Waals surface area contributed by atoms with Gasteiger partial charge in [-0.2, -0.15) is 5.10 Å². The number of nitrogens with one attached hydrogen (secondary N) is 1. The van der Waals surface area contributed by atoms with Gasteiger partial charge in [-0.15, -0.1) is 0 Å². The van der Waals surface area contributed by atoms with Gasteiger partial charge in [-0.1, -0.05) is 36.4 Å². The van der Waals surface area contributed by atoms with Crippen molar-refractivity contribution in [2.24, 2.45) is 0 Å². The van der Waals surface area contributed by atoms with Crippen molar-refractivity contribution in [2.45, 2.75) is 19.9 Å². The Morgan fingerprint density at radius 2 is 1.84 bits per heavy atom. The number of rotatable bonds is 7. The Bertz CT molecular complexity index is 1260. The Morgan fingerprint density at radius 1 is 1.00 bits per heavy atom. The zero-order chi connectivity index (χ0) is 22.5. The van der Waals surface area contributed by atoms with Crippen molar-refractivity contribution in [1.82, 2.24) is 20.1 Å². The highest BCUT2D eigenvalue weighted by Crippen LogP contribution is 2.14. The predicted molar refractivity (Wildman–Crippen MR) is 118 cm³/mol. The van der Waals surface area contributed by atoms with E-state index in [1.54, 1.807) is 54.9 Å². The van der Waals surface area contributed by atoms with E-state index in [1.807, 2.05) is 19.1 Å². The molecule has 2 heterocycles. The molecule has 1 amide bonds. The first-order chi connectivity index (χ1) is 15.5. The van der Waals surface area contributed by atoms with Gasteiger partial charge in [0.1, 0.15) is 5.82 Å². The Labute approximate surface area is 184 Å². The molecule has 0 spiro atoms. The summed E-state index contributed by atoms with van der Waals surface area (Å²) in [6.07, 6.45) is 4.96. The fourth-order valence-corrected chi connectivity index (χ4v) is 3.21. The second kappa shape index (κ2) is 9.34. The molecule has 0 saturated carbocycles. The Kier molecular flexibility index (Phi) is 6.17. The number of carbonyl (C=O) groups excluding carboxylic acids is 2. The van der Waals surface area contributed by atoms with E-state index in [4.69, 9.17) is 0 Å². The molecule has 0 radical (unpaired) electrons. The standard InChI is InChI=1S/C25H21FN4O2/c1-17-9-10-18(13-27-17)11-24(31)19-6-4-7-22(12-19)30-16-21(15-29-30)25(32)28-14-20-5-2-3-8-23(20)26/h2-10,12-13,15-16H,11,14H2,1H3,(H,28,32). The molecule has 0 atom stereocenters. The zero-order valence-electron chi connectivity index (χ0n) is 17.5. The molecule has 0 bridgehead atoms. The summed E-state index contributed by atoms with van der Waals surface area (Å²) in [7, 11) is 0. The molecule has 2 aromatic carbocycles. The fourth-order valence-electron chi connectivity index (χ4n) is 3.21.